The van der Waals surface area contributed by atoms with Gasteiger partial charge in [0.2, 0.25) is 0 Å². The van der Waals surface area contributed by atoms with Crippen molar-refractivity contribution >= 4 is 16.6 Å². The highest BCUT2D eigenvalue weighted by molar-refractivity contribution is 6.04. The average Bonchev–Trinajstić information content (AvgIpc) is 2.17. The van der Waals surface area contributed by atoms with E-state index >= 15 is 0 Å². The summed E-state index contributed by atoms with van der Waals surface area (Å²) in [6.07, 6.45) is 0. The fourth-order valence-corrected chi connectivity index (χ4v) is 1.44. The lowest BCUT2D eigenvalue weighted by atomic mass is 10.1. The summed E-state index contributed by atoms with van der Waals surface area (Å²) >= 11 is 0. The summed E-state index contributed by atoms with van der Waals surface area (Å²) in [7, 11) is 0. The fourth-order valence-electron chi connectivity index (χ4n) is 1.44. The molecule has 76 valence electrons. The first-order valence-electron chi connectivity index (χ1n) is 4.29. The Balaban J connectivity index is 3.01. The van der Waals surface area contributed by atoms with Crippen LogP contribution in [0.2, 0.25) is 0 Å². The molecule has 1 N–H and O–H groups in total. The Bertz CT molecular complexity index is 604. The molecule has 0 radical (unpaired) electrons. The summed E-state index contributed by atoms with van der Waals surface area (Å²) < 4.78 is 13.3. The molecule has 0 atom stereocenters. The number of nitrogens with zero attached hydrogens (tertiary/aromatic N) is 1. The van der Waals surface area contributed by atoms with Crippen LogP contribution < -0.4 is 5.56 Å². The average molecular weight is 206 g/mol. The Hall–Kier alpha value is -2.04. The van der Waals surface area contributed by atoms with Crippen LogP contribution >= 0.6 is 0 Å². The molecule has 0 amide bonds. The maximum absolute atomic E-state index is 13.3. The van der Waals surface area contributed by atoms with Crippen molar-refractivity contribution in [1.82, 2.24) is 10.2 Å². The highest BCUT2D eigenvalue weighted by atomic mass is 19.1. The summed E-state index contributed by atoms with van der Waals surface area (Å²) in [6, 6.07) is 4.10. The fraction of sp³-hybridized carbons (Fsp3) is 0.100. The Morgan fingerprint density at radius 1 is 1.47 bits per heavy atom. The molecule has 0 unspecified atom stereocenters. The number of carbonyl (C=O) groups excluding carboxylic acids is 1. The van der Waals surface area contributed by atoms with Crippen molar-refractivity contribution in [2.45, 2.75) is 6.92 Å². The van der Waals surface area contributed by atoms with Gasteiger partial charge in [-0.3, -0.25) is 9.59 Å². The third-order valence-corrected chi connectivity index (χ3v) is 2.10. The molecule has 1 aromatic heterocycles. The zero-order valence-corrected chi connectivity index (χ0v) is 7.87. The maximum atomic E-state index is 13.3. The Kier molecular flexibility index (Phi) is 2.07. The van der Waals surface area contributed by atoms with E-state index in [1.807, 2.05) is 0 Å². The number of hydrogen-bond donors (Lipinski definition) is 1. The third kappa shape index (κ3) is 1.41. The Morgan fingerprint density at radius 3 is 2.87 bits per heavy atom. The molecule has 0 spiro atoms. The molecule has 0 aliphatic rings. The van der Waals surface area contributed by atoms with Crippen LogP contribution in [-0.2, 0) is 0 Å². The van der Waals surface area contributed by atoms with E-state index in [4.69, 9.17) is 0 Å². The largest absolute Gasteiger partial charge is 0.293 e. The van der Waals surface area contributed by atoms with Gasteiger partial charge in [0.1, 0.15) is 11.5 Å². The zero-order chi connectivity index (χ0) is 11.0. The van der Waals surface area contributed by atoms with Crippen molar-refractivity contribution in [2.24, 2.45) is 0 Å². The van der Waals surface area contributed by atoms with Crippen molar-refractivity contribution in [3.8, 4) is 0 Å². The second-order valence-electron chi connectivity index (χ2n) is 3.12. The quantitative estimate of drug-likeness (QED) is 0.714. The van der Waals surface area contributed by atoms with E-state index in [2.05, 4.69) is 10.2 Å². The first-order chi connectivity index (χ1) is 7.11. The van der Waals surface area contributed by atoms with Gasteiger partial charge >= 0.3 is 0 Å². The van der Waals surface area contributed by atoms with E-state index in [1.165, 1.54) is 25.1 Å². The molecule has 4 nitrogen and oxygen atoms in total. The van der Waals surface area contributed by atoms with Gasteiger partial charge in [-0.2, -0.15) is 5.10 Å². The van der Waals surface area contributed by atoms with Crippen LogP contribution in [0.5, 0.6) is 0 Å². The number of benzene rings is 1. The monoisotopic (exact) mass is 206 g/mol. The molecule has 0 bridgehead atoms. The number of H-pyrrole nitrogens is 1. The van der Waals surface area contributed by atoms with Gasteiger partial charge in [-0.15, -0.1) is 0 Å². The van der Waals surface area contributed by atoms with Crippen LogP contribution in [0.25, 0.3) is 10.8 Å². The van der Waals surface area contributed by atoms with Gasteiger partial charge in [0.05, 0.1) is 5.39 Å². The van der Waals surface area contributed by atoms with Gasteiger partial charge in [-0.05, 0) is 6.07 Å². The molecule has 0 saturated carbocycles. The van der Waals surface area contributed by atoms with Gasteiger partial charge in [-0.25, -0.2) is 9.49 Å². The molecule has 5 heteroatoms. The minimum atomic E-state index is -0.654. The van der Waals surface area contributed by atoms with Crippen molar-refractivity contribution in [2.75, 3.05) is 0 Å². The molecular weight excluding hydrogens is 199 g/mol. The van der Waals surface area contributed by atoms with E-state index < -0.39 is 11.4 Å². The number of hydrogen-bond acceptors (Lipinski definition) is 3. The van der Waals surface area contributed by atoms with Crippen molar-refractivity contribution < 1.29 is 9.18 Å². The van der Waals surface area contributed by atoms with Crippen LogP contribution in [0.3, 0.4) is 0 Å². The minimum absolute atomic E-state index is 0.0732. The second-order valence-corrected chi connectivity index (χ2v) is 3.12. The molecule has 0 saturated heterocycles. The number of rotatable bonds is 1. The first kappa shape index (κ1) is 9.51. The first-order valence-corrected chi connectivity index (χ1v) is 4.29. The summed E-state index contributed by atoms with van der Waals surface area (Å²) in [6.45, 7) is 1.31. The van der Waals surface area contributed by atoms with Crippen molar-refractivity contribution in [3.63, 3.8) is 0 Å². The van der Waals surface area contributed by atoms with E-state index in [9.17, 15) is 14.0 Å². The minimum Gasteiger partial charge on any atom is -0.293 e. The van der Waals surface area contributed by atoms with Crippen LogP contribution in [0.1, 0.15) is 17.4 Å². The number of Topliss-reactive ketones (excluding diaryl/α,β-unsaturated/α-hetero) is 1. The number of carbonyl (C=O) groups is 1. The summed E-state index contributed by atoms with van der Waals surface area (Å²) in [5.41, 5.74) is -0.558. The van der Waals surface area contributed by atoms with E-state index in [-0.39, 0.29) is 22.2 Å². The molecule has 0 aliphatic carbocycles. The molecule has 2 aromatic rings. The van der Waals surface area contributed by atoms with Crippen LogP contribution in [0.15, 0.2) is 23.0 Å². The Morgan fingerprint density at radius 2 is 2.20 bits per heavy atom. The van der Waals surface area contributed by atoms with Gasteiger partial charge in [-0.1, -0.05) is 12.1 Å². The van der Waals surface area contributed by atoms with Crippen LogP contribution in [0, 0.1) is 5.82 Å². The van der Waals surface area contributed by atoms with Crippen LogP contribution in [-0.4, -0.2) is 16.0 Å². The van der Waals surface area contributed by atoms with Gasteiger partial charge in [0.15, 0.2) is 5.78 Å². The predicted octanol–water partition coefficient (Wildman–Crippen LogP) is 1.26. The highest BCUT2D eigenvalue weighted by Crippen LogP contribution is 2.15. The molecule has 2 rings (SSSR count). The topological polar surface area (TPSA) is 62.8 Å². The number of aromatic amines is 1. The predicted molar refractivity (Wildman–Crippen MR) is 52.3 cm³/mol. The summed E-state index contributed by atoms with van der Waals surface area (Å²) in [5.74, 6) is -0.972. The molecular formula is C10H7FN2O2. The molecule has 1 heterocycles. The van der Waals surface area contributed by atoms with E-state index in [0.717, 1.165) is 0 Å². The van der Waals surface area contributed by atoms with Gasteiger partial charge < -0.3 is 0 Å². The standard InChI is InChI=1S/C10H7FN2O2/c1-5(14)9-6-3-2-4-7(11)8(6)10(15)13-12-9/h2-4H,1H3,(H,13,15). The molecule has 1 aromatic carbocycles. The van der Waals surface area contributed by atoms with Crippen LogP contribution in [0.4, 0.5) is 4.39 Å². The lowest BCUT2D eigenvalue weighted by Gasteiger charge is -2.01. The lowest BCUT2D eigenvalue weighted by Crippen LogP contribution is -2.14. The molecule has 15 heavy (non-hydrogen) atoms. The highest BCUT2D eigenvalue weighted by Gasteiger charge is 2.12. The maximum Gasteiger partial charge on any atom is 0.275 e. The molecule has 0 fully saturated rings. The number of aromatic nitrogens is 2. The second kappa shape index (κ2) is 3.27. The normalized spacial score (nSPS) is 10.5. The number of nitrogens with one attached hydrogen (secondary N) is 1. The number of ketones is 1. The summed E-state index contributed by atoms with van der Waals surface area (Å²) in [4.78, 5) is 22.5. The number of fused-ring (bicyclic) bond motifs is 1. The van der Waals surface area contributed by atoms with E-state index in [1.54, 1.807) is 0 Å². The Labute approximate surface area is 83.7 Å². The SMILES string of the molecule is CC(=O)c1n[nH]c(=O)c2c(F)cccc12. The number of halogens is 1. The zero-order valence-electron chi connectivity index (χ0n) is 7.87. The smallest absolute Gasteiger partial charge is 0.275 e. The van der Waals surface area contributed by atoms with Gasteiger partial charge in [0.25, 0.3) is 5.56 Å². The van der Waals surface area contributed by atoms with E-state index in [0.29, 0.717) is 0 Å². The van der Waals surface area contributed by atoms with Crippen molar-refractivity contribution in [1.29, 1.82) is 0 Å². The third-order valence-electron chi connectivity index (χ3n) is 2.10. The van der Waals surface area contributed by atoms with Gasteiger partial charge in [0, 0.05) is 12.3 Å². The lowest BCUT2D eigenvalue weighted by molar-refractivity contribution is 0.101. The van der Waals surface area contributed by atoms with Crippen molar-refractivity contribution in [3.05, 3.63) is 40.1 Å². The molecule has 0 aliphatic heterocycles. The summed E-state index contributed by atoms with van der Waals surface area (Å²) in [5, 5.41) is 5.81.